The van der Waals surface area contributed by atoms with Crippen LogP contribution in [0, 0.1) is 0 Å². The van der Waals surface area contributed by atoms with Gasteiger partial charge in [0.05, 0.1) is 28.5 Å². The molecule has 1 rings (SSSR count). The Bertz CT molecular complexity index is 1380. The average Bonchev–Trinajstić information content (AvgIpc) is 3.26. The molecule has 0 N–H and O–H groups in total. The molecule has 1 aromatic carbocycles. The minimum Gasteiger partial charge on any atom is -0.744 e. The van der Waals surface area contributed by atoms with Gasteiger partial charge in [-0.2, -0.15) is 0 Å². The van der Waals surface area contributed by atoms with Crippen LogP contribution in [0.15, 0.2) is 47.8 Å². The third-order valence-electron chi connectivity index (χ3n) is 12.2. The van der Waals surface area contributed by atoms with Gasteiger partial charge >= 0.3 is 63.3 Å². The second-order valence-electron chi connectivity index (χ2n) is 18.0. The summed E-state index contributed by atoms with van der Waals surface area (Å²) in [6.45, 7) is 4.55. The second kappa shape index (κ2) is 46.3. The SMILES string of the molecule is CCCCCCCCCCCCCCCCCCCCC/C=C/OC(=O)c1ccc(S(=O)(=O)[O-])cc1C(=O)O/C=C/CCCCCCCCCCCCCCCCCCCCC.[K+]. The van der Waals surface area contributed by atoms with Gasteiger partial charge < -0.3 is 14.0 Å². The monoisotopic (exact) mass is 925 g/mol. The van der Waals surface area contributed by atoms with Crippen LogP contribution in [0.25, 0.3) is 0 Å². The summed E-state index contributed by atoms with van der Waals surface area (Å²) in [7, 11) is -4.85. The summed E-state index contributed by atoms with van der Waals surface area (Å²) >= 11 is 0. The van der Waals surface area contributed by atoms with E-state index in [1.54, 1.807) is 12.2 Å². The molecule has 358 valence electrons. The van der Waals surface area contributed by atoms with Crippen LogP contribution in [-0.2, 0) is 19.6 Å². The maximum Gasteiger partial charge on any atom is 1.00 e. The molecular weight excluding hydrogens is 832 g/mol. The Morgan fingerprint density at radius 2 is 0.683 bits per heavy atom. The molecule has 0 bridgehead atoms. The largest absolute Gasteiger partial charge is 1.00 e. The van der Waals surface area contributed by atoms with Crippen molar-refractivity contribution in [2.45, 2.75) is 276 Å². The third-order valence-corrected chi connectivity index (χ3v) is 13.0. The van der Waals surface area contributed by atoms with E-state index in [4.69, 9.17) is 9.47 Å². The predicted molar refractivity (Wildman–Crippen MR) is 260 cm³/mol. The van der Waals surface area contributed by atoms with Crippen LogP contribution in [0.2, 0.25) is 0 Å². The number of rotatable bonds is 45. The summed E-state index contributed by atoms with van der Waals surface area (Å²) < 4.78 is 45.5. The van der Waals surface area contributed by atoms with Crippen LogP contribution >= 0.6 is 0 Å². The number of hydrogen-bond acceptors (Lipinski definition) is 7. The zero-order valence-electron chi connectivity index (χ0n) is 41.1. The Morgan fingerprint density at radius 1 is 0.429 bits per heavy atom. The van der Waals surface area contributed by atoms with Crippen molar-refractivity contribution < 1.29 is 83.4 Å². The standard InChI is InChI=1S/C54H94O7S.K/c1-3-5-7-9-11-13-15-17-19-21-23-25-27-29-31-33-35-37-39-41-43-47-60-53(55)51-46-45-50(62(57,58)59)49-52(51)54(56)61-48-44-42-40-38-36-34-32-30-28-26-24-22-20-18-16-14-12-10-8-6-4-2;/h43-49H,3-42H2,1-2H3,(H,57,58,59);/q;+1/p-1/b47-43+,48-44+;. The molecule has 0 aliphatic heterocycles. The van der Waals surface area contributed by atoms with Gasteiger partial charge in [-0.1, -0.05) is 245 Å². The number of allylic oxidation sites excluding steroid dienone is 2. The van der Waals surface area contributed by atoms with Crippen molar-refractivity contribution in [1.29, 1.82) is 0 Å². The van der Waals surface area contributed by atoms with Crippen LogP contribution < -0.4 is 51.4 Å². The van der Waals surface area contributed by atoms with Gasteiger partial charge in [0.2, 0.25) is 0 Å². The van der Waals surface area contributed by atoms with Gasteiger partial charge in [-0.05, 0) is 56.0 Å². The minimum atomic E-state index is -4.85. The third kappa shape index (κ3) is 38.9. The first-order chi connectivity index (χ1) is 30.3. The Hall–Kier alpha value is -0.814. The summed E-state index contributed by atoms with van der Waals surface area (Å²) in [5.41, 5.74) is -0.491. The Morgan fingerprint density at radius 3 is 0.952 bits per heavy atom. The fraction of sp³-hybridized carbons (Fsp3) is 0.778. The Balaban J connectivity index is 0.0000384. The molecular formula is C54H93KO7S. The van der Waals surface area contributed by atoms with Crippen molar-refractivity contribution >= 4 is 22.1 Å². The number of benzene rings is 1. The quantitative estimate of drug-likeness (QED) is 0.0211. The first-order valence-electron chi connectivity index (χ1n) is 26.1. The molecule has 1 aromatic rings. The number of hydrogen-bond donors (Lipinski definition) is 0. The van der Waals surface area contributed by atoms with Crippen LogP contribution in [0.4, 0.5) is 0 Å². The maximum atomic E-state index is 12.9. The minimum absolute atomic E-state index is 0. The van der Waals surface area contributed by atoms with Crippen molar-refractivity contribution in [1.82, 2.24) is 0 Å². The van der Waals surface area contributed by atoms with Crippen LogP contribution in [-0.4, -0.2) is 24.9 Å². The van der Waals surface area contributed by atoms with E-state index >= 15 is 0 Å². The van der Waals surface area contributed by atoms with Crippen LogP contribution in [0.1, 0.15) is 291 Å². The van der Waals surface area contributed by atoms with Gasteiger partial charge in [0.1, 0.15) is 10.1 Å². The zero-order valence-corrected chi connectivity index (χ0v) is 45.0. The van der Waals surface area contributed by atoms with E-state index in [0.29, 0.717) is 0 Å². The molecule has 0 heterocycles. The van der Waals surface area contributed by atoms with Gasteiger partial charge in [-0.3, -0.25) is 0 Å². The molecule has 0 atom stereocenters. The van der Waals surface area contributed by atoms with E-state index < -0.39 is 27.0 Å². The van der Waals surface area contributed by atoms with Crippen molar-refractivity contribution in [2.75, 3.05) is 0 Å². The number of unbranched alkanes of at least 4 members (excludes halogenated alkanes) is 38. The summed E-state index contributed by atoms with van der Waals surface area (Å²) in [5.74, 6) is -1.75. The molecule has 0 aromatic heterocycles. The van der Waals surface area contributed by atoms with Gasteiger partial charge in [-0.15, -0.1) is 0 Å². The van der Waals surface area contributed by atoms with Crippen molar-refractivity contribution in [2.24, 2.45) is 0 Å². The van der Waals surface area contributed by atoms with E-state index in [-0.39, 0.29) is 62.5 Å². The molecule has 0 amide bonds. The molecule has 0 radical (unpaired) electrons. The summed E-state index contributed by atoms with van der Waals surface area (Å²) in [6.07, 6.45) is 58.0. The molecule has 0 saturated heterocycles. The number of carbonyl (C=O) groups excluding carboxylic acids is 2. The summed E-state index contributed by atoms with van der Waals surface area (Å²) in [5, 5.41) is 0. The molecule has 0 aliphatic carbocycles. The number of ether oxygens (including phenoxy) is 2. The second-order valence-corrected chi connectivity index (χ2v) is 19.4. The number of esters is 2. The summed E-state index contributed by atoms with van der Waals surface area (Å²) in [4.78, 5) is 25.2. The Kier molecular flexibility index (Phi) is 45.7. The normalized spacial score (nSPS) is 11.7. The molecule has 0 saturated carbocycles. The van der Waals surface area contributed by atoms with E-state index in [1.807, 2.05) is 0 Å². The van der Waals surface area contributed by atoms with Crippen molar-refractivity contribution in [3.63, 3.8) is 0 Å². The smallest absolute Gasteiger partial charge is 0.744 e. The number of carbonyl (C=O) groups is 2. The van der Waals surface area contributed by atoms with E-state index in [0.717, 1.165) is 56.7 Å². The molecule has 9 heteroatoms. The molecule has 63 heavy (non-hydrogen) atoms. The van der Waals surface area contributed by atoms with Gasteiger partial charge in [0.15, 0.2) is 0 Å². The van der Waals surface area contributed by atoms with Gasteiger partial charge in [0.25, 0.3) is 0 Å². The van der Waals surface area contributed by atoms with E-state index in [2.05, 4.69) is 13.8 Å². The van der Waals surface area contributed by atoms with Crippen LogP contribution in [0.3, 0.4) is 0 Å². The van der Waals surface area contributed by atoms with E-state index in [1.165, 1.54) is 231 Å². The maximum absolute atomic E-state index is 12.9. The van der Waals surface area contributed by atoms with Gasteiger partial charge in [0, 0.05) is 0 Å². The Labute approximate surface area is 431 Å². The fourth-order valence-corrected chi connectivity index (χ4v) is 8.69. The molecule has 0 aliphatic rings. The van der Waals surface area contributed by atoms with Crippen molar-refractivity contribution in [3.05, 3.63) is 54.0 Å². The molecule has 0 spiro atoms. The molecule has 7 nitrogen and oxygen atoms in total. The molecule has 0 unspecified atom stereocenters. The first-order valence-corrected chi connectivity index (χ1v) is 27.5. The van der Waals surface area contributed by atoms with Gasteiger partial charge in [-0.25, -0.2) is 18.0 Å². The summed E-state index contributed by atoms with van der Waals surface area (Å²) in [6, 6.07) is 3.01. The predicted octanol–water partition coefficient (Wildman–Crippen LogP) is 14.6. The fourth-order valence-electron chi connectivity index (χ4n) is 8.19. The zero-order chi connectivity index (χ0) is 45.0. The van der Waals surface area contributed by atoms with E-state index in [9.17, 15) is 22.6 Å². The average molecular weight is 925 g/mol. The first kappa shape index (κ1) is 62.2. The molecule has 0 fully saturated rings. The topological polar surface area (TPSA) is 110 Å². The van der Waals surface area contributed by atoms with Crippen molar-refractivity contribution in [3.8, 4) is 0 Å². The van der Waals surface area contributed by atoms with Crippen LogP contribution in [0.5, 0.6) is 0 Å².